The molecular weight excluding hydrogens is 291 g/mol. The first kappa shape index (κ1) is 14.6. The Morgan fingerprint density at radius 3 is 2.76 bits per heavy atom. The molecule has 0 bridgehead atoms. The van der Waals surface area contributed by atoms with E-state index in [1.54, 1.807) is 0 Å². The summed E-state index contributed by atoms with van der Waals surface area (Å²) in [4.78, 5) is 24.1. The molecule has 1 aromatic heterocycles. The second kappa shape index (κ2) is 6.17. The van der Waals surface area contributed by atoms with Crippen LogP contribution in [0.15, 0.2) is 6.33 Å². The molecule has 0 radical (unpaired) electrons. The van der Waals surface area contributed by atoms with Crippen LogP contribution in [-0.4, -0.2) is 58.5 Å². The van der Waals surface area contributed by atoms with Crippen molar-refractivity contribution in [3.63, 3.8) is 0 Å². The monoisotopic (exact) mass is 310 g/mol. The number of halogens is 1. The highest BCUT2D eigenvalue weighted by Gasteiger charge is 2.37. The number of carbonyl (C=O) groups excluding carboxylic acids is 1. The maximum atomic E-state index is 14.2. The van der Waals surface area contributed by atoms with E-state index in [2.05, 4.69) is 9.97 Å². The van der Waals surface area contributed by atoms with E-state index >= 15 is 0 Å². The maximum absolute atomic E-state index is 14.2. The number of hydrogen-bond donors (Lipinski definition) is 0. The smallest absolute Gasteiger partial charge is 0.229 e. The number of amides is 1. The third kappa shape index (κ3) is 2.84. The van der Waals surface area contributed by atoms with E-state index in [0.29, 0.717) is 31.0 Å². The van der Waals surface area contributed by atoms with Gasteiger partial charge in [0.05, 0.1) is 11.6 Å². The van der Waals surface area contributed by atoms with Gasteiger partial charge in [-0.2, -0.15) is 11.8 Å². The molecule has 0 aromatic carbocycles. The molecule has 7 heteroatoms. The third-order valence-corrected chi connectivity index (χ3v) is 4.97. The molecule has 2 fully saturated rings. The van der Waals surface area contributed by atoms with Gasteiger partial charge in [-0.1, -0.05) is 6.92 Å². The van der Waals surface area contributed by atoms with Crippen LogP contribution in [0.1, 0.15) is 12.6 Å². The zero-order chi connectivity index (χ0) is 14.8. The largest absolute Gasteiger partial charge is 0.352 e. The average Bonchev–Trinajstić information content (AvgIpc) is 2.48. The van der Waals surface area contributed by atoms with Crippen LogP contribution in [0.25, 0.3) is 0 Å². The number of aryl methyl sites for hydroxylation is 1. The average molecular weight is 310 g/mol. The van der Waals surface area contributed by atoms with Crippen molar-refractivity contribution in [1.82, 2.24) is 14.9 Å². The molecule has 3 heterocycles. The van der Waals surface area contributed by atoms with Crippen molar-refractivity contribution in [2.75, 3.05) is 42.6 Å². The lowest BCUT2D eigenvalue weighted by molar-refractivity contribution is -0.135. The number of anilines is 1. The summed E-state index contributed by atoms with van der Waals surface area (Å²) < 4.78 is 14.2. The lowest BCUT2D eigenvalue weighted by atomic mass is 9.98. The summed E-state index contributed by atoms with van der Waals surface area (Å²) in [6, 6.07) is 0. The fourth-order valence-electron chi connectivity index (χ4n) is 2.71. The van der Waals surface area contributed by atoms with Crippen molar-refractivity contribution in [2.24, 2.45) is 5.92 Å². The summed E-state index contributed by atoms with van der Waals surface area (Å²) in [5.41, 5.74) is 0.433. The molecule has 5 nitrogen and oxygen atoms in total. The normalized spacial score (nSPS) is 19.5. The second-order valence-electron chi connectivity index (χ2n) is 5.35. The Morgan fingerprint density at radius 1 is 1.38 bits per heavy atom. The van der Waals surface area contributed by atoms with Gasteiger partial charge in [0, 0.05) is 37.7 Å². The molecule has 2 aliphatic heterocycles. The van der Waals surface area contributed by atoms with E-state index in [1.165, 1.54) is 6.33 Å². The highest BCUT2D eigenvalue weighted by molar-refractivity contribution is 7.99. The molecule has 114 valence electrons. The Balaban J connectivity index is 1.61. The van der Waals surface area contributed by atoms with Crippen LogP contribution in [0.2, 0.25) is 0 Å². The molecule has 0 aliphatic carbocycles. The van der Waals surface area contributed by atoms with Gasteiger partial charge >= 0.3 is 0 Å². The van der Waals surface area contributed by atoms with Crippen LogP contribution in [0, 0.1) is 11.7 Å². The summed E-state index contributed by atoms with van der Waals surface area (Å²) >= 11 is 1.89. The minimum absolute atomic E-state index is 0.0208. The second-order valence-corrected chi connectivity index (χ2v) is 6.58. The fourth-order valence-corrected chi connectivity index (χ4v) is 3.62. The first-order chi connectivity index (χ1) is 10.2. The molecule has 0 N–H and O–H groups in total. The molecular formula is C14H19FN4OS. The molecule has 1 aromatic rings. The Morgan fingerprint density at radius 2 is 2.10 bits per heavy atom. The van der Waals surface area contributed by atoms with E-state index < -0.39 is 0 Å². The van der Waals surface area contributed by atoms with Crippen molar-refractivity contribution in [3.8, 4) is 0 Å². The van der Waals surface area contributed by atoms with Crippen LogP contribution < -0.4 is 4.90 Å². The predicted octanol–water partition coefficient (Wildman–Crippen LogP) is 1.19. The number of thioether (sulfide) groups is 1. The van der Waals surface area contributed by atoms with Crippen LogP contribution >= 0.6 is 11.8 Å². The zero-order valence-corrected chi connectivity index (χ0v) is 12.9. The van der Waals surface area contributed by atoms with E-state index in [4.69, 9.17) is 0 Å². The van der Waals surface area contributed by atoms with E-state index in [9.17, 15) is 9.18 Å². The van der Waals surface area contributed by atoms with Crippen LogP contribution in [0.5, 0.6) is 0 Å². The summed E-state index contributed by atoms with van der Waals surface area (Å²) in [5.74, 6) is 2.20. The van der Waals surface area contributed by atoms with Crippen LogP contribution in [-0.2, 0) is 11.2 Å². The third-order valence-electron chi connectivity index (χ3n) is 4.03. The molecule has 0 unspecified atom stereocenters. The van der Waals surface area contributed by atoms with Gasteiger partial charge in [-0.25, -0.2) is 14.4 Å². The highest BCUT2D eigenvalue weighted by atomic mass is 32.2. The van der Waals surface area contributed by atoms with Gasteiger partial charge in [-0.15, -0.1) is 0 Å². The maximum Gasteiger partial charge on any atom is 0.229 e. The Bertz CT molecular complexity index is 530. The molecule has 21 heavy (non-hydrogen) atoms. The van der Waals surface area contributed by atoms with Gasteiger partial charge in [0.15, 0.2) is 11.6 Å². The van der Waals surface area contributed by atoms with Gasteiger partial charge in [0.2, 0.25) is 5.91 Å². The van der Waals surface area contributed by atoms with Gasteiger partial charge in [-0.05, 0) is 6.42 Å². The van der Waals surface area contributed by atoms with Gasteiger partial charge in [0.25, 0.3) is 0 Å². The van der Waals surface area contributed by atoms with Crippen molar-refractivity contribution in [3.05, 3.63) is 17.8 Å². The highest BCUT2D eigenvalue weighted by Crippen LogP contribution is 2.27. The number of hydrogen-bond acceptors (Lipinski definition) is 5. The predicted molar refractivity (Wildman–Crippen MR) is 81.0 cm³/mol. The van der Waals surface area contributed by atoms with E-state index in [1.807, 2.05) is 28.5 Å². The topological polar surface area (TPSA) is 49.3 Å². The molecule has 0 spiro atoms. The van der Waals surface area contributed by atoms with Gasteiger partial charge < -0.3 is 9.80 Å². The summed E-state index contributed by atoms with van der Waals surface area (Å²) in [6.45, 7) is 4.65. The SMILES string of the molecule is CCc1ncnc(N2CC(C(=O)N3CCSCC3)C2)c1F. The fraction of sp³-hybridized carbons (Fsp3) is 0.643. The lowest BCUT2D eigenvalue weighted by Crippen LogP contribution is -2.56. The van der Waals surface area contributed by atoms with Crippen LogP contribution in [0.4, 0.5) is 10.2 Å². The quantitative estimate of drug-likeness (QED) is 0.839. The number of nitrogens with zero attached hydrogens (tertiary/aromatic N) is 4. The van der Waals surface area contributed by atoms with Crippen LogP contribution in [0.3, 0.4) is 0 Å². The minimum Gasteiger partial charge on any atom is -0.352 e. The summed E-state index contributed by atoms with van der Waals surface area (Å²) in [7, 11) is 0. The van der Waals surface area contributed by atoms with Gasteiger partial charge in [-0.3, -0.25) is 4.79 Å². The molecule has 0 saturated carbocycles. The molecule has 1 amide bonds. The van der Waals surface area contributed by atoms with Crippen molar-refractivity contribution in [1.29, 1.82) is 0 Å². The minimum atomic E-state index is -0.347. The van der Waals surface area contributed by atoms with Crippen molar-refractivity contribution in [2.45, 2.75) is 13.3 Å². The van der Waals surface area contributed by atoms with Crippen molar-refractivity contribution >= 4 is 23.5 Å². The van der Waals surface area contributed by atoms with Gasteiger partial charge in [0.1, 0.15) is 6.33 Å². The van der Waals surface area contributed by atoms with E-state index in [0.717, 1.165) is 24.6 Å². The molecule has 2 saturated heterocycles. The molecule has 0 atom stereocenters. The first-order valence-electron chi connectivity index (χ1n) is 7.31. The number of aromatic nitrogens is 2. The summed E-state index contributed by atoms with van der Waals surface area (Å²) in [5, 5.41) is 0. The lowest BCUT2D eigenvalue weighted by Gasteiger charge is -2.42. The Kier molecular flexibility index (Phi) is 4.28. The Hall–Kier alpha value is -1.37. The molecule has 3 rings (SSSR count). The Labute approximate surface area is 127 Å². The first-order valence-corrected chi connectivity index (χ1v) is 8.47. The number of rotatable bonds is 3. The van der Waals surface area contributed by atoms with E-state index in [-0.39, 0.29) is 17.6 Å². The molecule has 2 aliphatic rings. The summed E-state index contributed by atoms with van der Waals surface area (Å²) in [6.07, 6.45) is 1.94. The zero-order valence-electron chi connectivity index (χ0n) is 12.1. The number of carbonyl (C=O) groups is 1. The standard InChI is InChI=1S/C14H19FN4OS/c1-2-11-12(15)13(17-9-16-11)19-7-10(8-19)14(20)18-3-5-21-6-4-18/h9-10H,2-8H2,1H3. The van der Waals surface area contributed by atoms with Crippen molar-refractivity contribution < 1.29 is 9.18 Å².